The molecule has 0 radical (unpaired) electrons. The van der Waals surface area contributed by atoms with Gasteiger partial charge in [0.2, 0.25) is 0 Å². The number of esters is 1. The van der Waals surface area contributed by atoms with Crippen LogP contribution in [0.1, 0.15) is 15.9 Å². The molecule has 0 fully saturated rings. The van der Waals surface area contributed by atoms with Gasteiger partial charge >= 0.3 is 5.97 Å². The summed E-state index contributed by atoms with van der Waals surface area (Å²) in [5, 5.41) is 0. The second-order valence-corrected chi connectivity index (χ2v) is 4.72. The van der Waals surface area contributed by atoms with Gasteiger partial charge in [0.05, 0.1) is 20.4 Å². The fraction of sp³-hybridized carbons (Fsp3) is 0.250. The molecule has 6 heteroatoms. The molecular formula is C16H17FN2O3. The molecule has 0 saturated heterocycles. The van der Waals surface area contributed by atoms with E-state index < -0.39 is 11.8 Å². The molecule has 0 aliphatic carbocycles. The number of hydrogen-bond acceptors (Lipinski definition) is 5. The molecule has 0 saturated carbocycles. The maximum absolute atomic E-state index is 13.3. The minimum Gasteiger partial charge on any atom is -0.497 e. The van der Waals surface area contributed by atoms with E-state index in [4.69, 9.17) is 4.74 Å². The Morgan fingerprint density at radius 2 is 1.95 bits per heavy atom. The van der Waals surface area contributed by atoms with Gasteiger partial charge in [-0.1, -0.05) is 12.1 Å². The standard InChI is InChI=1S/C16H17FN2O3/c1-19(10-11-4-6-13(21-2)7-5-11)15-14(16(20)22-3)8-12(17)9-18-15/h4-9H,10H2,1-3H3. The van der Waals surface area contributed by atoms with E-state index >= 15 is 0 Å². The van der Waals surface area contributed by atoms with Crippen molar-refractivity contribution in [1.82, 2.24) is 4.98 Å². The van der Waals surface area contributed by atoms with Gasteiger partial charge in [-0.05, 0) is 23.8 Å². The van der Waals surface area contributed by atoms with Crippen molar-refractivity contribution in [2.24, 2.45) is 0 Å². The van der Waals surface area contributed by atoms with Gasteiger partial charge in [0.15, 0.2) is 0 Å². The molecule has 0 N–H and O–H groups in total. The van der Waals surface area contributed by atoms with Crippen LogP contribution in [-0.4, -0.2) is 32.2 Å². The number of anilines is 1. The summed E-state index contributed by atoms with van der Waals surface area (Å²) in [7, 11) is 4.63. The van der Waals surface area contributed by atoms with Crippen LogP contribution >= 0.6 is 0 Å². The van der Waals surface area contributed by atoms with Gasteiger partial charge in [0.25, 0.3) is 0 Å². The molecule has 1 heterocycles. The second-order valence-electron chi connectivity index (χ2n) is 4.72. The average Bonchev–Trinajstić information content (AvgIpc) is 2.54. The van der Waals surface area contributed by atoms with E-state index in [2.05, 4.69) is 9.72 Å². The first-order valence-corrected chi connectivity index (χ1v) is 6.63. The zero-order valence-electron chi connectivity index (χ0n) is 12.7. The molecule has 22 heavy (non-hydrogen) atoms. The fourth-order valence-corrected chi connectivity index (χ4v) is 2.08. The van der Waals surface area contributed by atoms with Crippen molar-refractivity contribution in [3.63, 3.8) is 0 Å². The van der Waals surface area contributed by atoms with Crippen LogP contribution in [0.4, 0.5) is 10.2 Å². The molecule has 0 spiro atoms. The zero-order valence-corrected chi connectivity index (χ0v) is 12.7. The maximum atomic E-state index is 13.3. The third-order valence-electron chi connectivity index (χ3n) is 3.18. The lowest BCUT2D eigenvalue weighted by atomic mass is 10.2. The Bertz CT molecular complexity index is 659. The van der Waals surface area contributed by atoms with E-state index in [-0.39, 0.29) is 5.56 Å². The third-order valence-corrected chi connectivity index (χ3v) is 3.18. The predicted molar refractivity (Wildman–Crippen MR) is 80.6 cm³/mol. The first-order valence-electron chi connectivity index (χ1n) is 6.63. The summed E-state index contributed by atoms with van der Waals surface area (Å²) >= 11 is 0. The largest absolute Gasteiger partial charge is 0.497 e. The van der Waals surface area contributed by atoms with Gasteiger partial charge in [-0.2, -0.15) is 0 Å². The summed E-state index contributed by atoms with van der Waals surface area (Å²) < 4.78 is 23.1. The molecule has 0 atom stereocenters. The molecule has 0 aliphatic heterocycles. The lowest BCUT2D eigenvalue weighted by molar-refractivity contribution is 0.0600. The third kappa shape index (κ3) is 3.52. The molecular weight excluding hydrogens is 287 g/mol. The maximum Gasteiger partial charge on any atom is 0.341 e. The van der Waals surface area contributed by atoms with E-state index in [9.17, 15) is 9.18 Å². The molecule has 0 amide bonds. The van der Waals surface area contributed by atoms with Crippen LogP contribution in [0.25, 0.3) is 0 Å². The van der Waals surface area contributed by atoms with E-state index in [1.54, 1.807) is 19.1 Å². The predicted octanol–water partition coefficient (Wildman–Crippen LogP) is 2.65. The summed E-state index contributed by atoms with van der Waals surface area (Å²) in [4.78, 5) is 17.5. The van der Waals surface area contributed by atoms with Crippen LogP contribution in [-0.2, 0) is 11.3 Å². The van der Waals surface area contributed by atoms with Gasteiger partial charge in [-0.25, -0.2) is 14.2 Å². The van der Waals surface area contributed by atoms with Crippen LogP contribution in [0.2, 0.25) is 0 Å². The number of aromatic nitrogens is 1. The Morgan fingerprint density at radius 1 is 1.27 bits per heavy atom. The topological polar surface area (TPSA) is 51.7 Å². The number of benzene rings is 1. The Hall–Kier alpha value is -2.63. The smallest absolute Gasteiger partial charge is 0.341 e. The van der Waals surface area contributed by atoms with Crippen molar-refractivity contribution in [3.05, 3.63) is 53.5 Å². The Morgan fingerprint density at radius 3 is 2.55 bits per heavy atom. The minimum atomic E-state index is -0.622. The molecule has 0 bridgehead atoms. The van der Waals surface area contributed by atoms with Gasteiger partial charge in [-0.3, -0.25) is 0 Å². The van der Waals surface area contributed by atoms with Gasteiger partial charge in [0, 0.05) is 13.6 Å². The second kappa shape index (κ2) is 6.89. The number of pyridine rings is 1. The Kier molecular flexibility index (Phi) is 4.93. The number of hydrogen-bond donors (Lipinski definition) is 0. The Balaban J connectivity index is 2.24. The summed E-state index contributed by atoms with van der Waals surface area (Å²) in [6.45, 7) is 0.507. The quantitative estimate of drug-likeness (QED) is 0.795. The van der Waals surface area contributed by atoms with Crippen LogP contribution in [0.3, 0.4) is 0 Å². The summed E-state index contributed by atoms with van der Waals surface area (Å²) in [5.41, 5.74) is 1.10. The number of nitrogens with zero attached hydrogens (tertiary/aromatic N) is 2. The summed E-state index contributed by atoms with van der Waals surface area (Å²) in [6.07, 6.45) is 1.08. The van der Waals surface area contributed by atoms with E-state index in [1.165, 1.54) is 7.11 Å². The highest BCUT2D eigenvalue weighted by Crippen LogP contribution is 2.21. The van der Waals surface area contributed by atoms with Crippen molar-refractivity contribution in [1.29, 1.82) is 0 Å². The fourth-order valence-electron chi connectivity index (χ4n) is 2.08. The minimum absolute atomic E-state index is 0.0958. The van der Waals surface area contributed by atoms with Crippen molar-refractivity contribution in [2.75, 3.05) is 26.2 Å². The molecule has 116 valence electrons. The van der Waals surface area contributed by atoms with Crippen molar-refractivity contribution in [2.45, 2.75) is 6.54 Å². The summed E-state index contributed by atoms with van der Waals surface area (Å²) in [6, 6.07) is 8.65. The SMILES string of the molecule is COC(=O)c1cc(F)cnc1N(C)Cc1ccc(OC)cc1. The molecule has 2 rings (SSSR count). The molecule has 0 unspecified atom stereocenters. The molecule has 1 aromatic heterocycles. The molecule has 1 aromatic carbocycles. The van der Waals surface area contributed by atoms with Gasteiger partial charge in [-0.15, -0.1) is 0 Å². The normalized spacial score (nSPS) is 10.2. The number of carbonyl (C=O) groups is 1. The Labute approximate surface area is 128 Å². The number of ether oxygens (including phenoxy) is 2. The van der Waals surface area contributed by atoms with Crippen molar-refractivity contribution < 1.29 is 18.7 Å². The number of methoxy groups -OCH3 is 2. The van der Waals surface area contributed by atoms with Gasteiger partial charge < -0.3 is 14.4 Å². The van der Waals surface area contributed by atoms with Crippen LogP contribution in [0, 0.1) is 5.82 Å². The lowest BCUT2D eigenvalue weighted by Gasteiger charge is -2.20. The highest BCUT2D eigenvalue weighted by molar-refractivity contribution is 5.94. The monoisotopic (exact) mass is 304 g/mol. The van der Waals surface area contributed by atoms with Crippen LogP contribution < -0.4 is 9.64 Å². The summed E-state index contributed by atoms with van der Waals surface area (Å²) in [5.74, 6) is -0.0730. The molecule has 5 nitrogen and oxygen atoms in total. The average molecular weight is 304 g/mol. The number of rotatable bonds is 5. The van der Waals surface area contributed by atoms with Crippen molar-refractivity contribution >= 4 is 11.8 Å². The van der Waals surface area contributed by atoms with E-state index in [0.29, 0.717) is 12.4 Å². The first kappa shape index (κ1) is 15.8. The lowest BCUT2D eigenvalue weighted by Crippen LogP contribution is -2.21. The highest BCUT2D eigenvalue weighted by atomic mass is 19.1. The highest BCUT2D eigenvalue weighted by Gasteiger charge is 2.17. The van der Waals surface area contributed by atoms with E-state index in [1.807, 2.05) is 24.3 Å². The number of halogens is 1. The van der Waals surface area contributed by atoms with Crippen LogP contribution in [0.5, 0.6) is 5.75 Å². The molecule has 0 aliphatic rings. The van der Waals surface area contributed by atoms with E-state index in [0.717, 1.165) is 23.6 Å². The van der Waals surface area contributed by atoms with Gasteiger partial charge in [0.1, 0.15) is 22.9 Å². The zero-order chi connectivity index (χ0) is 16.1. The number of carbonyl (C=O) groups excluding carboxylic acids is 1. The first-order chi connectivity index (χ1) is 10.5. The van der Waals surface area contributed by atoms with Crippen molar-refractivity contribution in [3.8, 4) is 5.75 Å². The van der Waals surface area contributed by atoms with Crippen LogP contribution in [0.15, 0.2) is 36.5 Å². The molecule has 2 aromatic rings.